The maximum absolute atomic E-state index is 12.8. The number of nitrogens with zero attached hydrogens (tertiary/aromatic N) is 1. The van der Waals surface area contributed by atoms with Crippen LogP contribution in [0.2, 0.25) is 0 Å². The third-order valence-corrected chi connectivity index (χ3v) is 4.48. The van der Waals surface area contributed by atoms with Gasteiger partial charge in [-0.25, -0.2) is 4.79 Å². The van der Waals surface area contributed by atoms with Gasteiger partial charge in [0.15, 0.2) is 0 Å². The van der Waals surface area contributed by atoms with Gasteiger partial charge in [0.05, 0.1) is 19.3 Å². The predicted molar refractivity (Wildman–Crippen MR) is 86.9 cm³/mol. The van der Waals surface area contributed by atoms with Crippen LogP contribution in [0.4, 0.5) is 4.79 Å². The summed E-state index contributed by atoms with van der Waals surface area (Å²) in [5.74, 6) is 2.42. The maximum Gasteiger partial charge on any atom is 0.318 e. The molecule has 2 aromatic rings. The highest BCUT2D eigenvalue weighted by atomic mass is 16.5. The molecule has 2 atom stereocenters. The van der Waals surface area contributed by atoms with Crippen LogP contribution in [0.3, 0.4) is 0 Å². The van der Waals surface area contributed by atoms with Crippen LogP contribution in [0.15, 0.2) is 40.8 Å². The molecule has 1 aromatic carbocycles. The second-order valence-corrected chi connectivity index (χ2v) is 6.08. The molecule has 2 amide bonds. The number of nitrogens with one attached hydrogen (secondary N) is 1. The molecule has 126 valence electrons. The Balaban J connectivity index is 1.50. The summed E-state index contributed by atoms with van der Waals surface area (Å²) in [6.45, 7) is 3.86. The fourth-order valence-electron chi connectivity index (χ4n) is 3.23. The molecule has 3 heterocycles. The molecule has 1 N–H and O–H groups in total. The van der Waals surface area contributed by atoms with Gasteiger partial charge in [-0.15, -0.1) is 0 Å². The van der Waals surface area contributed by atoms with E-state index in [1.807, 2.05) is 43.3 Å². The van der Waals surface area contributed by atoms with Crippen LogP contribution in [0, 0.1) is 6.92 Å². The lowest BCUT2D eigenvalue weighted by Crippen LogP contribution is -2.49. The topological polar surface area (TPSA) is 63.9 Å². The summed E-state index contributed by atoms with van der Waals surface area (Å²) in [6.07, 6.45) is 0. The van der Waals surface area contributed by atoms with E-state index in [2.05, 4.69) is 5.32 Å². The molecule has 6 nitrogen and oxygen atoms in total. The van der Waals surface area contributed by atoms with Gasteiger partial charge >= 0.3 is 6.03 Å². The monoisotopic (exact) mass is 328 g/mol. The SMILES string of the molecule is Cc1ccc(C2COCCN2C(=O)NC2COc3ccccc32)o1. The van der Waals surface area contributed by atoms with E-state index in [-0.39, 0.29) is 18.1 Å². The van der Waals surface area contributed by atoms with Crippen molar-refractivity contribution >= 4 is 6.03 Å². The Morgan fingerprint density at radius 3 is 2.92 bits per heavy atom. The van der Waals surface area contributed by atoms with Crippen LogP contribution in [-0.4, -0.2) is 37.3 Å². The van der Waals surface area contributed by atoms with E-state index in [0.717, 1.165) is 22.8 Å². The summed E-state index contributed by atoms with van der Waals surface area (Å²) >= 11 is 0. The number of hydrogen-bond donors (Lipinski definition) is 1. The number of ether oxygens (including phenoxy) is 2. The number of furan rings is 1. The fraction of sp³-hybridized carbons (Fsp3) is 0.389. The zero-order valence-corrected chi connectivity index (χ0v) is 13.5. The molecule has 0 aliphatic carbocycles. The maximum atomic E-state index is 12.8. The van der Waals surface area contributed by atoms with Crippen molar-refractivity contribution in [3.05, 3.63) is 53.5 Å². The Morgan fingerprint density at radius 1 is 1.21 bits per heavy atom. The summed E-state index contributed by atoms with van der Waals surface area (Å²) in [7, 11) is 0. The Kier molecular flexibility index (Phi) is 3.90. The molecule has 1 saturated heterocycles. The minimum atomic E-state index is -0.204. The molecule has 0 saturated carbocycles. The molecule has 2 aliphatic heterocycles. The van der Waals surface area contributed by atoms with Crippen molar-refractivity contribution in [3.63, 3.8) is 0 Å². The van der Waals surface area contributed by atoms with Crippen LogP contribution < -0.4 is 10.1 Å². The number of morpholine rings is 1. The average Bonchev–Trinajstić information content (AvgIpc) is 3.22. The van der Waals surface area contributed by atoms with Crippen LogP contribution >= 0.6 is 0 Å². The van der Waals surface area contributed by atoms with Gasteiger partial charge in [0.25, 0.3) is 0 Å². The third-order valence-electron chi connectivity index (χ3n) is 4.48. The highest BCUT2D eigenvalue weighted by molar-refractivity contribution is 5.75. The number of fused-ring (bicyclic) bond motifs is 1. The zero-order valence-electron chi connectivity index (χ0n) is 13.5. The van der Waals surface area contributed by atoms with E-state index in [1.165, 1.54) is 0 Å². The van der Waals surface area contributed by atoms with E-state index >= 15 is 0 Å². The summed E-state index contributed by atoms with van der Waals surface area (Å²) in [6, 6.07) is 11.1. The lowest BCUT2D eigenvalue weighted by Gasteiger charge is -2.35. The highest BCUT2D eigenvalue weighted by Gasteiger charge is 2.33. The number of aryl methyl sites for hydroxylation is 1. The van der Waals surface area contributed by atoms with Gasteiger partial charge in [-0.2, -0.15) is 0 Å². The van der Waals surface area contributed by atoms with Crippen molar-refractivity contribution in [2.24, 2.45) is 0 Å². The smallest absolute Gasteiger partial charge is 0.318 e. The van der Waals surface area contributed by atoms with E-state index in [9.17, 15) is 4.79 Å². The second-order valence-electron chi connectivity index (χ2n) is 6.08. The summed E-state index contributed by atoms with van der Waals surface area (Å²) in [5.41, 5.74) is 1.02. The number of benzene rings is 1. The van der Waals surface area contributed by atoms with E-state index in [1.54, 1.807) is 4.90 Å². The normalized spacial score (nSPS) is 22.8. The van der Waals surface area contributed by atoms with Crippen LogP contribution in [-0.2, 0) is 4.74 Å². The van der Waals surface area contributed by atoms with E-state index in [4.69, 9.17) is 13.9 Å². The number of para-hydroxylation sites is 1. The molecule has 0 bridgehead atoms. The average molecular weight is 328 g/mol. The third kappa shape index (κ3) is 2.73. The Hall–Kier alpha value is -2.47. The lowest BCUT2D eigenvalue weighted by molar-refractivity contribution is 0.00335. The van der Waals surface area contributed by atoms with Gasteiger partial charge in [-0.3, -0.25) is 0 Å². The molecular formula is C18H20N2O4. The number of urea groups is 1. The minimum absolute atomic E-state index is 0.123. The van der Waals surface area contributed by atoms with Crippen molar-refractivity contribution in [1.82, 2.24) is 10.2 Å². The van der Waals surface area contributed by atoms with Gasteiger partial charge in [-0.1, -0.05) is 18.2 Å². The molecule has 1 aromatic heterocycles. The first-order chi connectivity index (χ1) is 11.7. The highest BCUT2D eigenvalue weighted by Crippen LogP contribution is 2.32. The van der Waals surface area contributed by atoms with Crippen molar-refractivity contribution < 1.29 is 18.7 Å². The van der Waals surface area contributed by atoms with Crippen molar-refractivity contribution in [1.29, 1.82) is 0 Å². The first kappa shape index (κ1) is 15.1. The molecule has 2 aliphatic rings. The van der Waals surface area contributed by atoms with Crippen LogP contribution in [0.25, 0.3) is 0 Å². The zero-order chi connectivity index (χ0) is 16.5. The van der Waals surface area contributed by atoms with E-state index in [0.29, 0.717) is 26.4 Å². The number of amides is 2. The number of carbonyl (C=O) groups excluding carboxylic acids is 1. The lowest BCUT2D eigenvalue weighted by atomic mass is 10.1. The van der Waals surface area contributed by atoms with Gasteiger partial charge in [-0.05, 0) is 25.1 Å². The first-order valence-electron chi connectivity index (χ1n) is 8.15. The summed E-state index contributed by atoms with van der Waals surface area (Å²) in [5, 5.41) is 3.08. The van der Waals surface area contributed by atoms with Crippen LogP contribution in [0.5, 0.6) is 5.75 Å². The molecule has 24 heavy (non-hydrogen) atoms. The fourth-order valence-corrected chi connectivity index (χ4v) is 3.23. The summed E-state index contributed by atoms with van der Waals surface area (Å²) < 4.78 is 16.9. The molecule has 6 heteroatoms. The van der Waals surface area contributed by atoms with Gasteiger partial charge < -0.3 is 24.1 Å². The largest absolute Gasteiger partial charge is 0.491 e. The predicted octanol–water partition coefficient (Wildman–Crippen LogP) is 2.80. The van der Waals surface area contributed by atoms with Crippen molar-refractivity contribution in [3.8, 4) is 5.75 Å². The number of rotatable bonds is 2. The standard InChI is InChI=1S/C18H20N2O4/c1-12-6-7-17(24-12)15-11-22-9-8-20(15)18(21)19-14-10-23-16-5-3-2-4-13(14)16/h2-7,14-15H,8-11H2,1H3,(H,19,21). The molecular weight excluding hydrogens is 308 g/mol. The molecule has 1 fully saturated rings. The quantitative estimate of drug-likeness (QED) is 0.921. The van der Waals surface area contributed by atoms with Gasteiger partial charge in [0, 0.05) is 12.1 Å². The van der Waals surface area contributed by atoms with E-state index < -0.39 is 0 Å². The number of carbonyl (C=O) groups is 1. The molecule has 2 unspecified atom stereocenters. The van der Waals surface area contributed by atoms with Crippen molar-refractivity contribution in [2.75, 3.05) is 26.4 Å². The first-order valence-corrected chi connectivity index (χ1v) is 8.15. The Labute approximate surface area is 140 Å². The van der Waals surface area contributed by atoms with Gasteiger partial charge in [0.1, 0.15) is 29.9 Å². The summed E-state index contributed by atoms with van der Waals surface area (Å²) in [4.78, 5) is 14.6. The van der Waals surface area contributed by atoms with Crippen LogP contribution in [0.1, 0.15) is 29.2 Å². The van der Waals surface area contributed by atoms with Gasteiger partial charge in [0.2, 0.25) is 0 Å². The molecule has 0 radical (unpaired) electrons. The molecule has 4 rings (SSSR count). The Morgan fingerprint density at radius 2 is 2.08 bits per heavy atom. The molecule has 0 spiro atoms. The second kappa shape index (κ2) is 6.20. The number of hydrogen-bond acceptors (Lipinski definition) is 4. The van der Waals surface area contributed by atoms with Crippen molar-refractivity contribution in [2.45, 2.75) is 19.0 Å². The Bertz CT molecular complexity index is 742. The minimum Gasteiger partial charge on any atom is -0.491 e.